The first-order valence-corrected chi connectivity index (χ1v) is 5.77. The molecule has 0 fully saturated rings. The fraction of sp³-hybridized carbons (Fsp3) is 0.400. The molecule has 0 bridgehead atoms. The lowest BCUT2D eigenvalue weighted by Gasteiger charge is -2.20. The number of nitrogens with zero attached hydrogens (tertiary/aromatic N) is 1. The first-order chi connectivity index (χ1) is 7.88. The number of carbonyl (C=O) groups excluding carboxylic acids is 1. The van der Waals surface area contributed by atoms with Crippen molar-refractivity contribution < 1.29 is 4.79 Å². The number of rotatable bonds is 4. The van der Waals surface area contributed by atoms with E-state index >= 15 is 0 Å². The zero-order valence-electron chi connectivity index (χ0n) is 10.9. The zero-order valence-corrected chi connectivity index (χ0v) is 10.9. The minimum absolute atomic E-state index is 0.405. The Morgan fingerprint density at radius 3 is 2.59 bits per heavy atom. The summed E-state index contributed by atoms with van der Waals surface area (Å²) in [4.78, 5) is 14.2. The molecular formula is C15H19NO. The molecule has 0 spiro atoms. The predicted molar refractivity (Wildman–Crippen MR) is 71.5 cm³/mol. The van der Waals surface area contributed by atoms with Crippen LogP contribution in [0, 0.1) is 5.92 Å². The second-order valence-corrected chi connectivity index (χ2v) is 5.02. The Hall–Kier alpha value is -1.66. The van der Waals surface area contributed by atoms with Gasteiger partial charge in [-0.05, 0) is 42.5 Å². The highest BCUT2D eigenvalue weighted by molar-refractivity contribution is 5.65. The van der Waals surface area contributed by atoms with E-state index in [2.05, 4.69) is 25.4 Å². The molecule has 17 heavy (non-hydrogen) atoms. The normalized spacial score (nSPS) is 11.1. The molecule has 2 heteroatoms. The first-order valence-electron chi connectivity index (χ1n) is 5.77. The number of hydrogen-bond acceptors (Lipinski definition) is 2. The Kier molecular flexibility index (Phi) is 4.03. The number of aliphatic imine (C=N–C) groups is 1. The summed E-state index contributed by atoms with van der Waals surface area (Å²) in [7, 11) is 0. The minimum atomic E-state index is -0.533. The quantitative estimate of drug-likeness (QED) is 0.568. The van der Waals surface area contributed by atoms with Gasteiger partial charge in [0.2, 0.25) is 6.08 Å². The average Bonchev–Trinajstić information content (AvgIpc) is 2.28. The predicted octanol–water partition coefficient (Wildman–Crippen LogP) is 3.93. The van der Waals surface area contributed by atoms with E-state index in [9.17, 15) is 4.79 Å². The summed E-state index contributed by atoms with van der Waals surface area (Å²) in [5, 5.41) is 0. The Bertz CT molecular complexity index is 466. The van der Waals surface area contributed by atoms with Gasteiger partial charge < -0.3 is 0 Å². The molecule has 1 aromatic carbocycles. The van der Waals surface area contributed by atoms with Gasteiger partial charge in [-0.25, -0.2) is 4.79 Å². The molecule has 0 saturated carbocycles. The van der Waals surface area contributed by atoms with E-state index in [4.69, 9.17) is 0 Å². The lowest BCUT2D eigenvalue weighted by molar-refractivity contribution is 0.522. The van der Waals surface area contributed by atoms with E-state index in [-0.39, 0.29) is 0 Å². The van der Waals surface area contributed by atoms with Gasteiger partial charge >= 0.3 is 0 Å². The van der Waals surface area contributed by atoms with Crippen LogP contribution in [0.4, 0.5) is 0 Å². The van der Waals surface area contributed by atoms with Gasteiger partial charge in [0.25, 0.3) is 0 Å². The van der Waals surface area contributed by atoms with Crippen molar-refractivity contribution in [2.24, 2.45) is 10.9 Å². The van der Waals surface area contributed by atoms with Crippen LogP contribution in [0.3, 0.4) is 0 Å². The largest absolute Gasteiger partial charge is 0.235 e. The SMILES string of the molecule is C=C(c1cccc(C(C)(C)N=C=O)c1)C(C)C. The van der Waals surface area contributed by atoms with Gasteiger partial charge in [0.05, 0.1) is 5.54 Å². The average molecular weight is 229 g/mol. The third-order valence-corrected chi connectivity index (χ3v) is 2.96. The van der Waals surface area contributed by atoms with Crippen molar-refractivity contribution in [1.82, 2.24) is 0 Å². The number of hydrogen-bond donors (Lipinski definition) is 0. The lowest BCUT2D eigenvalue weighted by atomic mass is 9.90. The summed E-state index contributed by atoms with van der Waals surface area (Å²) < 4.78 is 0. The Balaban J connectivity index is 3.18. The van der Waals surface area contributed by atoms with Crippen LogP contribution in [0.25, 0.3) is 5.57 Å². The highest BCUT2D eigenvalue weighted by Gasteiger charge is 2.19. The van der Waals surface area contributed by atoms with Crippen LogP contribution >= 0.6 is 0 Å². The monoisotopic (exact) mass is 229 g/mol. The minimum Gasteiger partial charge on any atom is -0.211 e. The summed E-state index contributed by atoms with van der Waals surface area (Å²) in [6.45, 7) is 12.1. The van der Waals surface area contributed by atoms with Crippen molar-refractivity contribution in [2.45, 2.75) is 33.2 Å². The van der Waals surface area contributed by atoms with Crippen LogP contribution in [0.1, 0.15) is 38.8 Å². The van der Waals surface area contributed by atoms with Crippen LogP contribution in [0.5, 0.6) is 0 Å². The van der Waals surface area contributed by atoms with E-state index in [0.717, 1.165) is 16.7 Å². The van der Waals surface area contributed by atoms with Gasteiger partial charge in [0.1, 0.15) is 0 Å². The molecule has 1 rings (SSSR count). The maximum Gasteiger partial charge on any atom is 0.235 e. The molecule has 0 radical (unpaired) electrons. The van der Waals surface area contributed by atoms with Crippen LogP contribution in [0.15, 0.2) is 35.8 Å². The summed E-state index contributed by atoms with van der Waals surface area (Å²) in [6.07, 6.45) is 1.63. The fourth-order valence-electron chi connectivity index (χ4n) is 1.61. The van der Waals surface area contributed by atoms with E-state index in [1.165, 1.54) is 0 Å². The van der Waals surface area contributed by atoms with Gasteiger partial charge in [-0.2, -0.15) is 4.99 Å². The van der Waals surface area contributed by atoms with E-state index in [1.54, 1.807) is 6.08 Å². The van der Waals surface area contributed by atoms with E-state index in [1.807, 2.05) is 38.1 Å². The zero-order chi connectivity index (χ0) is 13.1. The maximum absolute atomic E-state index is 10.4. The lowest BCUT2D eigenvalue weighted by Crippen LogP contribution is -2.13. The van der Waals surface area contributed by atoms with Gasteiger partial charge in [-0.1, -0.05) is 38.6 Å². The molecule has 0 amide bonds. The van der Waals surface area contributed by atoms with Gasteiger partial charge in [0.15, 0.2) is 0 Å². The van der Waals surface area contributed by atoms with Crippen LogP contribution in [-0.2, 0) is 10.3 Å². The number of benzene rings is 1. The molecule has 0 aromatic heterocycles. The highest BCUT2D eigenvalue weighted by atomic mass is 16.1. The molecule has 1 aromatic rings. The Morgan fingerprint density at radius 1 is 1.41 bits per heavy atom. The molecule has 0 aliphatic rings. The van der Waals surface area contributed by atoms with Crippen molar-refractivity contribution in [3.05, 3.63) is 42.0 Å². The third-order valence-electron chi connectivity index (χ3n) is 2.96. The highest BCUT2D eigenvalue weighted by Crippen LogP contribution is 2.28. The number of allylic oxidation sites excluding steroid dienone is 1. The van der Waals surface area contributed by atoms with E-state index < -0.39 is 5.54 Å². The van der Waals surface area contributed by atoms with Crippen molar-refractivity contribution in [1.29, 1.82) is 0 Å². The molecule has 0 saturated heterocycles. The van der Waals surface area contributed by atoms with Crippen molar-refractivity contribution in [3.8, 4) is 0 Å². The summed E-state index contributed by atoms with van der Waals surface area (Å²) >= 11 is 0. The molecule has 0 unspecified atom stereocenters. The van der Waals surface area contributed by atoms with Crippen molar-refractivity contribution in [2.75, 3.05) is 0 Å². The Morgan fingerprint density at radius 2 is 2.06 bits per heavy atom. The molecule has 0 aliphatic carbocycles. The fourth-order valence-corrected chi connectivity index (χ4v) is 1.61. The van der Waals surface area contributed by atoms with E-state index in [0.29, 0.717) is 5.92 Å². The second-order valence-electron chi connectivity index (χ2n) is 5.02. The summed E-state index contributed by atoms with van der Waals surface area (Å²) in [6, 6.07) is 8.02. The topological polar surface area (TPSA) is 29.4 Å². The van der Waals surface area contributed by atoms with Crippen LogP contribution in [0.2, 0.25) is 0 Å². The maximum atomic E-state index is 10.4. The molecule has 0 atom stereocenters. The number of isocyanates is 1. The molecule has 90 valence electrons. The summed E-state index contributed by atoms with van der Waals surface area (Å²) in [5.74, 6) is 0.405. The first kappa shape index (κ1) is 13.4. The standard InChI is InChI=1S/C15H19NO/c1-11(2)12(3)13-7-6-8-14(9-13)15(4,5)16-10-17/h6-9,11H,3H2,1-2,4-5H3. The molecular weight excluding hydrogens is 210 g/mol. The third kappa shape index (κ3) is 3.15. The molecule has 0 N–H and O–H groups in total. The second kappa shape index (κ2) is 5.11. The van der Waals surface area contributed by atoms with Crippen LogP contribution < -0.4 is 0 Å². The van der Waals surface area contributed by atoms with Crippen molar-refractivity contribution in [3.63, 3.8) is 0 Å². The van der Waals surface area contributed by atoms with Gasteiger partial charge in [0, 0.05) is 0 Å². The molecule has 0 heterocycles. The van der Waals surface area contributed by atoms with Gasteiger partial charge in [-0.3, -0.25) is 0 Å². The van der Waals surface area contributed by atoms with Crippen molar-refractivity contribution >= 4 is 11.7 Å². The smallest absolute Gasteiger partial charge is 0.211 e. The Labute approximate surface area is 103 Å². The van der Waals surface area contributed by atoms with Crippen LogP contribution in [-0.4, -0.2) is 6.08 Å². The molecule has 2 nitrogen and oxygen atoms in total. The molecule has 0 aliphatic heterocycles. The summed E-state index contributed by atoms with van der Waals surface area (Å²) in [5.41, 5.74) is 2.67. The van der Waals surface area contributed by atoms with Gasteiger partial charge in [-0.15, -0.1) is 0 Å².